The lowest BCUT2D eigenvalue weighted by molar-refractivity contribution is -0.137. The van der Waals surface area contributed by atoms with Crippen molar-refractivity contribution in [3.63, 3.8) is 0 Å². The highest BCUT2D eigenvalue weighted by Gasteiger charge is 2.35. The fraction of sp³-hybridized carbons (Fsp3) is 0.200. The average molecular weight is 259 g/mol. The molecule has 1 unspecified atom stereocenters. The minimum Gasteiger partial charge on any atom is -0.320 e. The molecule has 0 bridgehead atoms. The largest absolute Gasteiger partial charge is 0.443 e. The van der Waals surface area contributed by atoms with Crippen molar-refractivity contribution in [3.8, 4) is 0 Å². The van der Waals surface area contributed by atoms with Gasteiger partial charge >= 0.3 is 6.18 Å². The SMILES string of the molecule is NC(c1cccnc1)c1cnc(C(F)(F)F)s1. The summed E-state index contributed by atoms with van der Waals surface area (Å²) >= 11 is 0.554. The number of nitrogens with two attached hydrogens (primary N) is 1. The predicted molar refractivity (Wildman–Crippen MR) is 57.4 cm³/mol. The number of pyridine rings is 1. The van der Waals surface area contributed by atoms with Crippen molar-refractivity contribution in [2.24, 2.45) is 5.73 Å². The van der Waals surface area contributed by atoms with Gasteiger partial charge in [0.25, 0.3) is 0 Å². The molecule has 0 amide bonds. The summed E-state index contributed by atoms with van der Waals surface area (Å²) in [5.74, 6) is 0. The molecule has 2 N–H and O–H groups in total. The van der Waals surface area contributed by atoms with Crippen molar-refractivity contribution >= 4 is 11.3 Å². The topological polar surface area (TPSA) is 51.8 Å². The molecule has 0 aliphatic heterocycles. The van der Waals surface area contributed by atoms with Crippen molar-refractivity contribution in [2.45, 2.75) is 12.2 Å². The van der Waals surface area contributed by atoms with Gasteiger partial charge in [-0.25, -0.2) is 4.98 Å². The second-order valence-corrected chi connectivity index (χ2v) is 4.39. The highest BCUT2D eigenvalue weighted by atomic mass is 32.1. The van der Waals surface area contributed by atoms with E-state index >= 15 is 0 Å². The maximum Gasteiger partial charge on any atom is 0.443 e. The molecule has 0 radical (unpaired) electrons. The first-order valence-electron chi connectivity index (χ1n) is 4.67. The number of nitrogens with zero attached hydrogens (tertiary/aromatic N) is 2. The van der Waals surface area contributed by atoms with Crippen molar-refractivity contribution in [1.29, 1.82) is 0 Å². The molecule has 1 atom stereocenters. The maximum atomic E-state index is 12.4. The molecule has 0 aliphatic rings. The second-order valence-electron chi connectivity index (χ2n) is 3.33. The Bertz CT molecular complexity index is 495. The van der Waals surface area contributed by atoms with E-state index in [1.165, 1.54) is 6.20 Å². The first-order chi connectivity index (χ1) is 7.98. The lowest BCUT2D eigenvalue weighted by atomic mass is 10.1. The summed E-state index contributed by atoms with van der Waals surface area (Å²) in [5, 5.41) is -0.883. The van der Waals surface area contributed by atoms with Gasteiger partial charge in [0.15, 0.2) is 5.01 Å². The van der Waals surface area contributed by atoms with Crippen LogP contribution in [0.5, 0.6) is 0 Å². The molecule has 0 saturated heterocycles. The summed E-state index contributed by atoms with van der Waals surface area (Å²) in [6, 6.07) is 2.77. The van der Waals surface area contributed by atoms with E-state index in [2.05, 4.69) is 9.97 Å². The fourth-order valence-corrected chi connectivity index (χ4v) is 2.10. The van der Waals surface area contributed by atoms with Crippen LogP contribution in [0.4, 0.5) is 13.2 Å². The van der Waals surface area contributed by atoms with Gasteiger partial charge < -0.3 is 5.73 Å². The van der Waals surface area contributed by atoms with Gasteiger partial charge in [0.1, 0.15) is 0 Å². The van der Waals surface area contributed by atoms with Crippen molar-refractivity contribution in [3.05, 3.63) is 46.2 Å². The Hall–Kier alpha value is -1.47. The number of thiazole rings is 1. The summed E-state index contributed by atoms with van der Waals surface area (Å²) in [6.45, 7) is 0. The molecule has 0 saturated carbocycles. The van der Waals surface area contributed by atoms with Gasteiger partial charge in [0, 0.05) is 23.5 Å². The van der Waals surface area contributed by atoms with E-state index < -0.39 is 17.2 Å². The molecule has 0 fully saturated rings. The van der Waals surface area contributed by atoms with Gasteiger partial charge in [-0.1, -0.05) is 6.07 Å². The second kappa shape index (κ2) is 4.42. The average Bonchev–Trinajstić information content (AvgIpc) is 2.78. The lowest BCUT2D eigenvalue weighted by Crippen LogP contribution is -2.10. The highest BCUT2D eigenvalue weighted by Crippen LogP contribution is 2.34. The zero-order chi connectivity index (χ0) is 12.5. The molecule has 90 valence electrons. The van der Waals surface area contributed by atoms with E-state index in [9.17, 15) is 13.2 Å². The number of hydrogen-bond acceptors (Lipinski definition) is 4. The molecular weight excluding hydrogens is 251 g/mol. The van der Waals surface area contributed by atoms with Crippen LogP contribution in [0.25, 0.3) is 0 Å². The van der Waals surface area contributed by atoms with Gasteiger partial charge in [-0.2, -0.15) is 13.2 Å². The summed E-state index contributed by atoms with van der Waals surface area (Å²) in [5.41, 5.74) is 6.49. The number of halogens is 3. The molecule has 2 rings (SSSR count). The summed E-state index contributed by atoms with van der Waals surface area (Å²) in [6.07, 6.45) is -0.162. The third-order valence-corrected chi connectivity index (χ3v) is 3.24. The molecular formula is C10H8F3N3S. The minimum absolute atomic E-state index is 0.366. The zero-order valence-corrected chi connectivity index (χ0v) is 9.29. The Morgan fingerprint density at radius 1 is 1.29 bits per heavy atom. The first-order valence-corrected chi connectivity index (χ1v) is 5.48. The molecule has 0 spiro atoms. The van der Waals surface area contributed by atoms with Crippen molar-refractivity contribution < 1.29 is 13.2 Å². The molecule has 3 nitrogen and oxygen atoms in total. The normalized spacial score (nSPS) is 13.6. The van der Waals surface area contributed by atoms with Crippen LogP contribution in [0.3, 0.4) is 0 Å². The van der Waals surface area contributed by atoms with Gasteiger partial charge in [-0.3, -0.25) is 4.98 Å². The minimum atomic E-state index is -4.42. The van der Waals surface area contributed by atoms with E-state index in [0.717, 1.165) is 6.20 Å². The number of hydrogen-bond donors (Lipinski definition) is 1. The molecule has 7 heteroatoms. The molecule has 17 heavy (non-hydrogen) atoms. The van der Waals surface area contributed by atoms with Crippen LogP contribution in [-0.4, -0.2) is 9.97 Å². The van der Waals surface area contributed by atoms with Gasteiger partial charge in [-0.15, -0.1) is 11.3 Å². The Balaban J connectivity index is 2.27. The smallest absolute Gasteiger partial charge is 0.320 e. The monoisotopic (exact) mass is 259 g/mol. The Morgan fingerprint density at radius 2 is 2.06 bits per heavy atom. The zero-order valence-electron chi connectivity index (χ0n) is 8.48. The maximum absolute atomic E-state index is 12.4. The predicted octanol–water partition coefficient (Wildman–Crippen LogP) is 2.61. The summed E-state index contributed by atoms with van der Waals surface area (Å²) in [7, 11) is 0. The molecule has 2 aromatic rings. The Labute approximate surface area is 99.1 Å². The van der Waals surface area contributed by atoms with Crippen molar-refractivity contribution in [2.75, 3.05) is 0 Å². The van der Waals surface area contributed by atoms with Crippen molar-refractivity contribution in [1.82, 2.24) is 9.97 Å². The first kappa shape index (κ1) is 12.0. The number of alkyl halides is 3. The molecule has 2 heterocycles. The van der Waals surface area contributed by atoms with Crippen LogP contribution in [0.15, 0.2) is 30.7 Å². The van der Waals surface area contributed by atoms with Crippen LogP contribution in [0, 0.1) is 0 Å². The van der Waals surface area contributed by atoms with Gasteiger partial charge in [0.05, 0.1) is 6.04 Å². The molecule has 0 aliphatic carbocycles. The summed E-state index contributed by atoms with van der Waals surface area (Å²) in [4.78, 5) is 7.56. The summed E-state index contributed by atoms with van der Waals surface area (Å²) < 4.78 is 37.1. The Morgan fingerprint density at radius 3 is 2.59 bits per heavy atom. The van der Waals surface area contributed by atoms with Crippen LogP contribution < -0.4 is 5.73 Å². The standard InChI is InChI=1S/C10H8F3N3S/c11-10(12,13)9-16-5-7(17-9)8(14)6-2-1-3-15-4-6/h1-5,8H,14H2. The van der Waals surface area contributed by atoms with Crippen LogP contribution in [0.2, 0.25) is 0 Å². The van der Waals surface area contributed by atoms with Crippen LogP contribution >= 0.6 is 11.3 Å². The van der Waals surface area contributed by atoms with E-state index in [4.69, 9.17) is 5.73 Å². The van der Waals surface area contributed by atoms with E-state index in [1.807, 2.05) is 0 Å². The number of aromatic nitrogens is 2. The number of rotatable bonds is 2. The van der Waals surface area contributed by atoms with Gasteiger partial charge in [-0.05, 0) is 11.6 Å². The lowest BCUT2D eigenvalue weighted by Gasteiger charge is -2.08. The molecule has 0 aromatic carbocycles. The van der Waals surface area contributed by atoms with E-state index in [-0.39, 0.29) is 0 Å². The highest BCUT2D eigenvalue weighted by molar-refractivity contribution is 7.11. The Kier molecular flexibility index (Phi) is 3.12. The third kappa shape index (κ3) is 2.62. The van der Waals surface area contributed by atoms with Crippen LogP contribution in [0.1, 0.15) is 21.5 Å². The third-order valence-electron chi connectivity index (χ3n) is 2.12. The van der Waals surface area contributed by atoms with E-state index in [0.29, 0.717) is 21.8 Å². The fourth-order valence-electron chi connectivity index (χ4n) is 1.29. The van der Waals surface area contributed by atoms with Crippen LogP contribution in [-0.2, 0) is 6.18 Å². The molecule has 2 aromatic heterocycles. The quantitative estimate of drug-likeness (QED) is 0.901. The van der Waals surface area contributed by atoms with E-state index in [1.54, 1.807) is 18.3 Å². The van der Waals surface area contributed by atoms with Gasteiger partial charge in [0.2, 0.25) is 0 Å².